The predicted molar refractivity (Wildman–Crippen MR) is 104 cm³/mol. The molecule has 3 N–H and O–H groups in total. The number of amides is 1. The molecule has 1 aliphatic rings. The third kappa shape index (κ3) is 3.10. The molecular weight excluding hydrogens is 376 g/mol. The average molecular weight is 392 g/mol. The minimum absolute atomic E-state index is 0.0553. The molecule has 1 saturated heterocycles. The number of hydrogen-bond donors (Lipinski definition) is 2. The predicted octanol–water partition coefficient (Wildman–Crippen LogP) is 1.52. The van der Waals surface area contributed by atoms with Crippen molar-refractivity contribution in [3.63, 3.8) is 0 Å². The van der Waals surface area contributed by atoms with E-state index in [1.807, 2.05) is 6.07 Å². The van der Waals surface area contributed by atoms with E-state index in [1.54, 1.807) is 18.2 Å². The zero-order valence-electron chi connectivity index (χ0n) is 14.8. The Hall–Kier alpha value is -3.63. The molecular formula is C18H16N8OS. The minimum atomic E-state index is -0.180. The molecule has 0 spiro atoms. The van der Waals surface area contributed by atoms with Gasteiger partial charge in [0.05, 0.1) is 10.6 Å². The fourth-order valence-electron chi connectivity index (χ4n) is 3.46. The van der Waals surface area contributed by atoms with Gasteiger partial charge in [-0.25, -0.2) is 9.50 Å². The highest BCUT2D eigenvalue weighted by Crippen LogP contribution is 2.30. The van der Waals surface area contributed by atoms with E-state index < -0.39 is 0 Å². The first kappa shape index (κ1) is 17.8. The van der Waals surface area contributed by atoms with Gasteiger partial charge >= 0.3 is 0 Å². The molecule has 4 heterocycles. The molecule has 9 nitrogen and oxygen atoms in total. The van der Waals surface area contributed by atoms with Crippen LogP contribution in [0.3, 0.4) is 0 Å². The van der Waals surface area contributed by atoms with Crippen molar-refractivity contribution in [3.05, 3.63) is 40.0 Å². The average Bonchev–Trinajstić information content (AvgIpc) is 3.33. The van der Waals surface area contributed by atoms with Crippen molar-refractivity contribution < 1.29 is 4.79 Å². The first-order valence-corrected chi connectivity index (χ1v) is 9.50. The molecule has 3 aromatic rings. The van der Waals surface area contributed by atoms with Gasteiger partial charge in [-0.3, -0.25) is 4.79 Å². The summed E-state index contributed by atoms with van der Waals surface area (Å²) in [6.07, 6.45) is 3.05. The quantitative estimate of drug-likeness (QED) is 0.689. The van der Waals surface area contributed by atoms with Gasteiger partial charge in [0.1, 0.15) is 34.6 Å². The second-order valence-electron chi connectivity index (χ2n) is 6.47. The Morgan fingerprint density at radius 2 is 2.21 bits per heavy atom. The number of fused-ring (bicyclic) bond motifs is 1. The maximum Gasteiger partial charge on any atom is 0.261 e. The molecule has 0 radical (unpaired) electrons. The maximum atomic E-state index is 12.5. The van der Waals surface area contributed by atoms with Crippen molar-refractivity contribution >= 4 is 34.3 Å². The van der Waals surface area contributed by atoms with Crippen molar-refractivity contribution in [3.8, 4) is 12.1 Å². The van der Waals surface area contributed by atoms with Crippen LogP contribution >= 0.6 is 11.3 Å². The summed E-state index contributed by atoms with van der Waals surface area (Å²) in [6, 6.07) is 9.17. The second kappa shape index (κ2) is 7.18. The number of nitrogens with one attached hydrogen (secondary N) is 1. The lowest BCUT2D eigenvalue weighted by Crippen LogP contribution is -2.47. The summed E-state index contributed by atoms with van der Waals surface area (Å²) in [4.78, 5) is 19.7. The summed E-state index contributed by atoms with van der Waals surface area (Å²) in [5, 5.41) is 25.5. The summed E-state index contributed by atoms with van der Waals surface area (Å²) >= 11 is 1.18. The highest BCUT2D eigenvalue weighted by Gasteiger charge is 2.26. The lowest BCUT2D eigenvalue weighted by molar-refractivity contribution is 0.0937. The van der Waals surface area contributed by atoms with Gasteiger partial charge in [-0.2, -0.15) is 15.6 Å². The SMILES string of the molecule is N#Cc1ccc(C(=O)N[C@@H]2CCCN(c3cc(C#N)n4ncnc(N)c34)C2)s1. The van der Waals surface area contributed by atoms with E-state index in [0.717, 1.165) is 25.1 Å². The minimum Gasteiger partial charge on any atom is -0.382 e. The van der Waals surface area contributed by atoms with Crippen LogP contribution < -0.4 is 16.0 Å². The summed E-state index contributed by atoms with van der Waals surface area (Å²) in [6.45, 7) is 1.37. The Balaban J connectivity index is 1.56. The van der Waals surface area contributed by atoms with Crippen LogP contribution in [0.5, 0.6) is 0 Å². The molecule has 1 fully saturated rings. The van der Waals surface area contributed by atoms with Crippen LogP contribution in [0, 0.1) is 22.7 Å². The molecule has 0 unspecified atom stereocenters. The summed E-state index contributed by atoms with van der Waals surface area (Å²) in [5.41, 5.74) is 7.81. The van der Waals surface area contributed by atoms with Gasteiger partial charge in [0.15, 0.2) is 5.82 Å². The number of nitrogen functional groups attached to an aromatic ring is 1. The number of nitrogens with zero attached hydrogens (tertiary/aromatic N) is 6. The number of carbonyl (C=O) groups excluding carboxylic acids is 1. The fraction of sp³-hybridized carbons (Fsp3) is 0.278. The van der Waals surface area contributed by atoms with E-state index >= 15 is 0 Å². The Morgan fingerprint density at radius 1 is 1.36 bits per heavy atom. The van der Waals surface area contributed by atoms with Crippen molar-refractivity contribution in [2.45, 2.75) is 18.9 Å². The Labute approximate surface area is 164 Å². The number of anilines is 2. The number of aromatic nitrogens is 3. The number of thiophene rings is 1. The molecule has 28 heavy (non-hydrogen) atoms. The molecule has 3 aromatic heterocycles. The van der Waals surface area contributed by atoms with Crippen molar-refractivity contribution in [2.24, 2.45) is 0 Å². The van der Waals surface area contributed by atoms with Gasteiger partial charge in [-0.15, -0.1) is 11.3 Å². The van der Waals surface area contributed by atoms with Crippen LogP contribution in [-0.2, 0) is 0 Å². The zero-order chi connectivity index (χ0) is 19.7. The van der Waals surface area contributed by atoms with Crippen LogP contribution in [0.4, 0.5) is 11.5 Å². The van der Waals surface area contributed by atoms with Gasteiger partial charge in [0.2, 0.25) is 0 Å². The van der Waals surface area contributed by atoms with Crippen LogP contribution in [0.25, 0.3) is 5.52 Å². The Bertz CT molecular complexity index is 1130. The van der Waals surface area contributed by atoms with Gasteiger partial charge in [0, 0.05) is 25.2 Å². The van der Waals surface area contributed by atoms with Gasteiger partial charge in [-0.1, -0.05) is 0 Å². The smallest absolute Gasteiger partial charge is 0.261 e. The number of carbonyl (C=O) groups is 1. The first-order valence-electron chi connectivity index (χ1n) is 8.68. The van der Waals surface area contributed by atoms with E-state index in [-0.39, 0.29) is 11.9 Å². The zero-order valence-corrected chi connectivity index (χ0v) is 15.6. The number of nitrogens with two attached hydrogens (primary N) is 1. The number of nitriles is 2. The van der Waals surface area contributed by atoms with Crippen molar-refractivity contribution in [1.29, 1.82) is 10.5 Å². The van der Waals surface area contributed by atoms with E-state index in [2.05, 4.69) is 26.4 Å². The second-order valence-corrected chi connectivity index (χ2v) is 7.55. The molecule has 140 valence electrons. The van der Waals surface area contributed by atoms with Crippen LogP contribution in [0.15, 0.2) is 24.5 Å². The summed E-state index contributed by atoms with van der Waals surface area (Å²) < 4.78 is 1.49. The Kier molecular flexibility index (Phi) is 4.55. The molecule has 4 rings (SSSR count). The van der Waals surface area contributed by atoms with Crippen LogP contribution in [-0.4, -0.2) is 39.6 Å². The standard InChI is InChI=1S/C18H16N8OS/c19-7-12-6-14(16-17(21)22-10-23-26(12)16)25-5-1-2-11(9-25)24-18(27)15-4-3-13(8-20)28-15/h3-4,6,10-11H,1-2,5,9H2,(H,24,27)(H2,21,22,23)/t11-/m1/s1. The molecule has 1 amide bonds. The normalized spacial score (nSPS) is 16.5. The summed E-state index contributed by atoms with van der Waals surface area (Å²) in [5.74, 6) is 0.126. The number of piperidine rings is 1. The third-order valence-corrected chi connectivity index (χ3v) is 5.70. The van der Waals surface area contributed by atoms with Gasteiger partial charge in [-0.05, 0) is 25.0 Å². The maximum absolute atomic E-state index is 12.5. The first-order chi connectivity index (χ1) is 13.6. The lowest BCUT2D eigenvalue weighted by atomic mass is 10.0. The third-order valence-electron chi connectivity index (χ3n) is 4.71. The molecule has 0 aliphatic carbocycles. The lowest BCUT2D eigenvalue weighted by Gasteiger charge is -2.34. The molecule has 1 atom stereocenters. The van der Waals surface area contributed by atoms with E-state index in [1.165, 1.54) is 22.2 Å². The van der Waals surface area contributed by atoms with E-state index in [4.69, 9.17) is 11.0 Å². The van der Waals surface area contributed by atoms with E-state index in [0.29, 0.717) is 33.3 Å². The Morgan fingerprint density at radius 3 is 2.96 bits per heavy atom. The highest BCUT2D eigenvalue weighted by molar-refractivity contribution is 7.14. The van der Waals surface area contributed by atoms with E-state index in [9.17, 15) is 10.1 Å². The molecule has 0 bridgehead atoms. The molecule has 1 aliphatic heterocycles. The topological polar surface area (TPSA) is 136 Å². The van der Waals surface area contributed by atoms with Crippen LogP contribution in [0.2, 0.25) is 0 Å². The molecule has 0 aromatic carbocycles. The largest absolute Gasteiger partial charge is 0.382 e. The summed E-state index contributed by atoms with van der Waals surface area (Å²) in [7, 11) is 0. The fourth-order valence-corrected chi connectivity index (χ4v) is 4.17. The van der Waals surface area contributed by atoms with Crippen molar-refractivity contribution in [2.75, 3.05) is 23.7 Å². The monoisotopic (exact) mass is 392 g/mol. The highest BCUT2D eigenvalue weighted by atomic mass is 32.1. The molecule has 10 heteroatoms. The van der Waals surface area contributed by atoms with Crippen LogP contribution in [0.1, 0.15) is 33.1 Å². The van der Waals surface area contributed by atoms with Gasteiger partial charge < -0.3 is 16.0 Å². The van der Waals surface area contributed by atoms with Gasteiger partial charge in [0.25, 0.3) is 5.91 Å². The number of hydrogen-bond acceptors (Lipinski definition) is 8. The van der Waals surface area contributed by atoms with Crippen molar-refractivity contribution in [1.82, 2.24) is 19.9 Å². The molecule has 0 saturated carbocycles. The number of rotatable bonds is 3.